The Morgan fingerprint density at radius 1 is 1.39 bits per heavy atom. The average molecular weight is 300 g/mol. The van der Waals surface area contributed by atoms with Crippen molar-refractivity contribution in [2.75, 3.05) is 0 Å². The Bertz CT molecular complexity index is 619. The van der Waals surface area contributed by atoms with Gasteiger partial charge in [0.15, 0.2) is 0 Å². The molecule has 18 heavy (non-hydrogen) atoms. The minimum absolute atomic E-state index is 0.0525. The first-order valence-electron chi connectivity index (χ1n) is 4.30. The summed E-state index contributed by atoms with van der Waals surface area (Å²) in [4.78, 5) is -0.435. The molecule has 0 radical (unpaired) electrons. The van der Waals surface area contributed by atoms with Gasteiger partial charge in [0.2, 0.25) is 0 Å². The summed E-state index contributed by atoms with van der Waals surface area (Å²) in [5, 5.41) is 8.66. The molecule has 1 aromatic carbocycles. The number of nitriles is 1. The van der Waals surface area contributed by atoms with Crippen molar-refractivity contribution >= 4 is 19.7 Å². The average Bonchev–Trinajstić information content (AvgIpc) is 2.13. The van der Waals surface area contributed by atoms with E-state index in [1.807, 2.05) is 0 Å². The van der Waals surface area contributed by atoms with E-state index in [9.17, 15) is 21.6 Å². The molecule has 0 aliphatic carbocycles. The van der Waals surface area contributed by atoms with E-state index >= 15 is 0 Å². The predicted molar refractivity (Wildman–Crippen MR) is 55.6 cm³/mol. The van der Waals surface area contributed by atoms with E-state index < -0.39 is 31.6 Å². The number of benzene rings is 1. The zero-order chi connectivity index (χ0) is 14.1. The van der Waals surface area contributed by atoms with E-state index in [4.69, 9.17) is 15.9 Å². The van der Waals surface area contributed by atoms with Gasteiger partial charge in [0.1, 0.15) is 11.8 Å². The third-order valence-corrected chi connectivity index (χ3v) is 3.35. The number of nitrogens with zero attached hydrogens (tertiary/aromatic N) is 1. The molecule has 0 saturated heterocycles. The zero-order valence-corrected chi connectivity index (χ0v) is 10.3. The predicted octanol–water partition coefficient (Wildman–Crippen LogP) is 2.69. The SMILES string of the molecule is Cc1cc(OC(F)(F)F)c(C#N)cc1S(=O)(=O)Cl. The molecule has 0 atom stereocenters. The molecule has 4 nitrogen and oxygen atoms in total. The highest BCUT2D eigenvalue weighted by Gasteiger charge is 2.33. The molecule has 98 valence electrons. The fourth-order valence-corrected chi connectivity index (χ4v) is 2.42. The van der Waals surface area contributed by atoms with Crippen LogP contribution in [0.4, 0.5) is 13.2 Å². The molecule has 0 unspecified atom stereocenters. The van der Waals surface area contributed by atoms with Crippen molar-refractivity contribution in [2.24, 2.45) is 0 Å². The second kappa shape index (κ2) is 4.66. The lowest BCUT2D eigenvalue weighted by molar-refractivity contribution is -0.274. The number of halogens is 4. The molecule has 0 fully saturated rings. The van der Waals surface area contributed by atoms with Crippen molar-refractivity contribution in [3.8, 4) is 11.8 Å². The second-order valence-electron chi connectivity index (χ2n) is 3.21. The van der Waals surface area contributed by atoms with Gasteiger partial charge in [0, 0.05) is 10.7 Å². The lowest BCUT2D eigenvalue weighted by Gasteiger charge is -2.12. The third kappa shape index (κ3) is 3.51. The maximum atomic E-state index is 12.0. The normalized spacial score (nSPS) is 12.0. The summed E-state index contributed by atoms with van der Waals surface area (Å²) in [6.07, 6.45) is -4.97. The molecule has 9 heteroatoms. The van der Waals surface area contributed by atoms with Crippen LogP contribution in [0.25, 0.3) is 0 Å². The van der Waals surface area contributed by atoms with E-state index in [-0.39, 0.29) is 5.56 Å². The summed E-state index contributed by atoms with van der Waals surface area (Å²) in [6, 6.07) is 2.94. The number of ether oxygens (including phenoxy) is 1. The molecule has 0 aromatic heterocycles. The lowest BCUT2D eigenvalue weighted by atomic mass is 10.1. The molecule has 0 amide bonds. The van der Waals surface area contributed by atoms with E-state index in [0.29, 0.717) is 0 Å². The van der Waals surface area contributed by atoms with Crippen molar-refractivity contribution < 1.29 is 26.3 Å². The van der Waals surface area contributed by atoms with Crippen LogP contribution in [0, 0.1) is 18.3 Å². The van der Waals surface area contributed by atoms with Crippen LogP contribution in [0.15, 0.2) is 17.0 Å². The Balaban J connectivity index is 3.43. The van der Waals surface area contributed by atoms with Gasteiger partial charge in [0.25, 0.3) is 9.05 Å². The minimum Gasteiger partial charge on any atom is -0.404 e. The third-order valence-electron chi connectivity index (χ3n) is 1.89. The monoisotopic (exact) mass is 299 g/mol. The Morgan fingerprint density at radius 3 is 2.33 bits per heavy atom. The molecule has 0 bridgehead atoms. The number of aryl methyl sites for hydroxylation is 1. The number of hydrogen-bond acceptors (Lipinski definition) is 4. The Morgan fingerprint density at radius 2 is 1.94 bits per heavy atom. The van der Waals surface area contributed by atoms with Gasteiger partial charge in [-0.05, 0) is 24.6 Å². The van der Waals surface area contributed by atoms with Gasteiger partial charge in [0.05, 0.1) is 10.5 Å². The van der Waals surface area contributed by atoms with Crippen LogP contribution in [0.2, 0.25) is 0 Å². The molecule has 0 aliphatic rings. The quantitative estimate of drug-likeness (QED) is 0.787. The van der Waals surface area contributed by atoms with Gasteiger partial charge in [-0.15, -0.1) is 13.2 Å². The Hall–Kier alpha value is -1.46. The molecule has 0 aliphatic heterocycles. The molecule has 1 rings (SSSR count). The minimum atomic E-state index is -4.97. The topological polar surface area (TPSA) is 67.2 Å². The first kappa shape index (κ1) is 14.6. The van der Waals surface area contributed by atoms with Crippen molar-refractivity contribution in [1.82, 2.24) is 0 Å². The molecule has 0 heterocycles. The number of alkyl halides is 3. The zero-order valence-electron chi connectivity index (χ0n) is 8.75. The largest absolute Gasteiger partial charge is 0.573 e. The summed E-state index contributed by atoms with van der Waals surface area (Å²) in [5.41, 5.74) is -0.625. The van der Waals surface area contributed by atoms with Crippen LogP contribution in [0.1, 0.15) is 11.1 Å². The Labute approximate surface area is 105 Å². The smallest absolute Gasteiger partial charge is 0.404 e. The summed E-state index contributed by atoms with van der Waals surface area (Å²) < 4.78 is 62.0. The first-order valence-corrected chi connectivity index (χ1v) is 6.60. The van der Waals surface area contributed by atoms with Crippen LogP contribution < -0.4 is 4.74 Å². The molecule has 1 aromatic rings. The van der Waals surface area contributed by atoms with E-state index in [0.717, 1.165) is 12.1 Å². The highest BCUT2D eigenvalue weighted by Crippen LogP contribution is 2.31. The standard InChI is InChI=1S/C9H5ClF3NO3S/c1-5-2-7(17-9(11,12)13)6(4-14)3-8(5)18(10,15)16/h2-3H,1H3. The summed E-state index contributed by atoms with van der Waals surface area (Å²) in [6.45, 7) is 1.24. The van der Waals surface area contributed by atoms with Crippen LogP contribution in [0.5, 0.6) is 5.75 Å². The molecule has 0 saturated carbocycles. The molecule has 0 spiro atoms. The highest BCUT2D eigenvalue weighted by molar-refractivity contribution is 8.13. The molecule has 0 N–H and O–H groups in total. The van der Waals surface area contributed by atoms with E-state index in [1.54, 1.807) is 0 Å². The van der Waals surface area contributed by atoms with Crippen LogP contribution in [0.3, 0.4) is 0 Å². The summed E-state index contributed by atoms with van der Waals surface area (Å²) in [5.74, 6) is -0.772. The van der Waals surface area contributed by atoms with E-state index in [2.05, 4.69) is 4.74 Å². The van der Waals surface area contributed by atoms with Crippen molar-refractivity contribution in [1.29, 1.82) is 5.26 Å². The van der Waals surface area contributed by atoms with Gasteiger partial charge < -0.3 is 4.74 Å². The fourth-order valence-electron chi connectivity index (χ4n) is 1.22. The molecular weight excluding hydrogens is 295 g/mol. The van der Waals surface area contributed by atoms with Gasteiger partial charge in [-0.2, -0.15) is 5.26 Å². The number of rotatable bonds is 2. The maximum absolute atomic E-state index is 12.0. The van der Waals surface area contributed by atoms with Gasteiger partial charge in [-0.1, -0.05) is 0 Å². The summed E-state index contributed by atoms with van der Waals surface area (Å²) >= 11 is 0. The van der Waals surface area contributed by atoms with Crippen LogP contribution in [-0.4, -0.2) is 14.8 Å². The van der Waals surface area contributed by atoms with Gasteiger partial charge >= 0.3 is 6.36 Å². The molecular formula is C9H5ClF3NO3S. The highest BCUT2D eigenvalue weighted by atomic mass is 35.7. The van der Waals surface area contributed by atoms with Crippen molar-refractivity contribution in [2.45, 2.75) is 18.2 Å². The van der Waals surface area contributed by atoms with Crippen LogP contribution in [-0.2, 0) is 9.05 Å². The van der Waals surface area contributed by atoms with Crippen LogP contribution >= 0.6 is 10.7 Å². The second-order valence-corrected chi connectivity index (χ2v) is 5.75. The van der Waals surface area contributed by atoms with Crippen molar-refractivity contribution in [3.63, 3.8) is 0 Å². The van der Waals surface area contributed by atoms with E-state index in [1.165, 1.54) is 13.0 Å². The number of hydrogen-bond donors (Lipinski definition) is 0. The van der Waals surface area contributed by atoms with Gasteiger partial charge in [-0.3, -0.25) is 0 Å². The Kier molecular flexibility index (Phi) is 3.78. The maximum Gasteiger partial charge on any atom is 0.573 e. The summed E-state index contributed by atoms with van der Waals surface area (Å²) in [7, 11) is 0.936. The first-order chi connectivity index (χ1) is 8.04. The lowest BCUT2D eigenvalue weighted by Crippen LogP contribution is -2.18. The van der Waals surface area contributed by atoms with Crippen molar-refractivity contribution in [3.05, 3.63) is 23.3 Å². The fraction of sp³-hybridized carbons (Fsp3) is 0.222. The van der Waals surface area contributed by atoms with Gasteiger partial charge in [-0.25, -0.2) is 8.42 Å².